The molecule has 1 aromatic heterocycles. The van der Waals surface area contributed by atoms with Gasteiger partial charge in [0, 0.05) is 5.69 Å². The monoisotopic (exact) mass is 258 g/mol. The summed E-state index contributed by atoms with van der Waals surface area (Å²) in [7, 11) is 0. The maximum atomic E-state index is 5.47. The number of benzene rings is 1. The maximum Gasteiger partial charge on any atom is 0.148 e. The summed E-state index contributed by atoms with van der Waals surface area (Å²) in [4.78, 5) is 8.63. The van der Waals surface area contributed by atoms with Crippen LogP contribution < -0.4 is 11.1 Å². The second-order valence-electron chi connectivity index (χ2n) is 4.04. The molecule has 2 rings (SSSR count). The molecule has 92 valence electrons. The summed E-state index contributed by atoms with van der Waals surface area (Å²) in [6.07, 6.45) is 3.19. The van der Waals surface area contributed by atoms with Crippen LogP contribution in [0.2, 0.25) is 0 Å². The van der Waals surface area contributed by atoms with Crippen LogP contribution >= 0.6 is 12.2 Å². The normalized spacial score (nSPS) is 10.1. The lowest BCUT2D eigenvalue weighted by Crippen LogP contribution is -2.12. The standard InChI is InChI=1S/C13H14N4S/c1-8-4-3-5-9(2)12(8)17-11-7-15-10(6-16-11)13(14)18/h3-7H,1-2H3,(H2,14,18)(H,16,17). The number of thiocarbonyl (C=S) groups is 1. The predicted octanol–water partition coefficient (Wildman–Crippen LogP) is 2.47. The van der Waals surface area contributed by atoms with Crippen LogP contribution in [0, 0.1) is 13.8 Å². The van der Waals surface area contributed by atoms with Crippen molar-refractivity contribution in [3.63, 3.8) is 0 Å². The van der Waals surface area contributed by atoms with Crippen LogP contribution in [0.5, 0.6) is 0 Å². The Morgan fingerprint density at radius 1 is 1.17 bits per heavy atom. The summed E-state index contributed by atoms with van der Waals surface area (Å²) in [5, 5.41) is 3.25. The molecule has 18 heavy (non-hydrogen) atoms. The Balaban J connectivity index is 2.26. The number of hydrogen-bond donors (Lipinski definition) is 2. The fourth-order valence-electron chi connectivity index (χ4n) is 1.66. The molecule has 4 nitrogen and oxygen atoms in total. The third-order valence-corrected chi connectivity index (χ3v) is 2.85. The van der Waals surface area contributed by atoms with Gasteiger partial charge in [0.2, 0.25) is 0 Å². The molecular weight excluding hydrogens is 244 g/mol. The van der Waals surface area contributed by atoms with E-state index in [4.69, 9.17) is 18.0 Å². The van der Waals surface area contributed by atoms with E-state index >= 15 is 0 Å². The number of hydrogen-bond acceptors (Lipinski definition) is 4. The maximum absolute atomic E-state index is 5.47. The molecule has 0 atom stereocenters. The molecule has 0 aliphatic heterocycles. The molecule has 0 amide bonds. The minimum absolute atomic E-state index is 0.251. The van der Waals surface area contributed by atoms with Gasteiger partial charge in [-0.25, -0.2) is 9.97 Å². The summed E-state index contributed by atoms with van der Waals surface area (Å²) < 4.78 is 0. The van der Waals surface area contributed by atoms with Crippen molar-refractivity contribution in [2.24, 2.45) is 5.73 Å². The molecule has 0 saturated carbocycles. The Hall–Kier alpha value is -2.01. The molecule has 1 aromatic carbocycles. The fraction of sp³-hybridized carbons (Fsp3) is 0.154. The summed E-state index contributed by atoms with van der Waals surface area (Å²) >= 11 is 4.83. The van der Waals surface area contributed by atoms with E-state index in [9.17, 15) is 0 Å². The van der Waals surface area contributed by atoms with Crippen molar-refractivity contribution in [2.75, 3.05) is 5.32 Å². The minimum atomic E-state index is 0.251. The molecule has 5 heteroatoms. The number of aromatic nitrogens is 2. The first kappa shape index (κ1) is 12.4. The zero-order valence-electron chi connectivity index (χ0n) is 10.3. The molecule has 0 radical (unpaired) electrons. The lowest BCUT2D eigenvalue weighted by Gasteiger charge is -2.11. The molecule has 0 bridgehead atoms. The lowest BCUT2D eigenvalue weighted by molar-refractivity contribution is 1.17. The highest BCUT2D eigenvalue weighted by Gasteiger charge is 2.04. The zero-order chi connectivity index (χ0) is 13.1. The first-order valence-electron chi connectivity index (χ1n) is 5.53. The third kappa shape index (κ3) is 2.62. The summed E-state index contributed by atoms with van der Waals surface area (Å²) in [6, 6.07) is 6.12. The van der Waals surface area contributed by atoms with Crippen LogP contribution in [0.25, 0.3) is 0 Å². The van der Waals surface area contributed by atoms with Gasteiger partial charge in [-0.3, -0.25) is 0 Å². The molecule has 3 N–H and O–H groups in total. The van der Waals surface area contributed by atoms with Gasteiger partial charge in [-0.2, -0.15) is 0 Å². The number of nitrogens with two attached hydrogens (primary N) is 1. The lowest BCUT2D eigenvalue weighted by atomic mass is 10.1. The number of nitrogens with zero attached hydrogens (tertiary/aromatic N) is 2. The highest BCUT2D eigenvalue weighted by Crippen LogP contribution is 2.22. The van der Waals surface area contributed by atoms with Crippen LogP contribution in [0.15, 0.2) is 30.6 Å². The molecule has 2 aromatic rings. The van der Waals surface area contributed by atoms with Gasteiger partial charge in [-0.15, -0.1) is 0 Å². The van der Waals surface area contributed by atoms with E-state index in [1.807, 2.05) is 32.0 Å². The number of anilines is 2. The Bertz CT molecular complexity index is 558. The van der Waals surface area contributed by atoms with Gasteiger partial charge < -0.3 is 11.1 Å². The van der Waals surface area contributed by atoms with Crippen molar-refractivity contribution in [3.05, 3.63) is 47.4 Å². The Labute approximate surface area is 111 Å². The number of para-hydroxylation sites is 1. The molecule has 0 saturated heterocycles. The van der Waals surface area contributed by atoms with E-state index in [2.05, 4.69) is 15.3 Å². The van der Waals surface area contributed by atoms with Crippen LogP contribution in [-0.2, 0) is 0 Å². The molecule has 1 heterocycles. The summed E-state index contributed by atoms with van der Waals surface area (Å²) in [5.41, 5.74) is 9.37. The van der Waals surface area contributed by atoms with Gasteiger partial charge in [0.05, 0.1) is 12.4 Å². The molecule has 0 spiro atoms. The quantitative estimate of drug-likeness (QED) is 0.828. The number of aryl methyl sites for hydroxylation is 2. The molecular formula is C13H14N4S. The molecule has 0 aliphatic carbocycles. The Morgan fingerprint density at radius 3 is 2.33 bits per heavy atom. The van der Waals surface area contributed by atoms with Crippen molar-refractivity contribution < 1.29 is 0 Å². The first-order chi connectivity index (χ1) is 8.58. The Kier molecular flexibility index (Phi) is 3.53. The van der Waals surface area contributed by atoms with E-state index in [-0.39, 0.29) is 4.99 Å². The van der Waals surface area contributed by atoms with Crippen LogP contribution in [-0.4, -0.2) is 15.0 Å². The number of nitrogens with one attached hydrogen (secondary N) is 1. The van der Waals surface area contributed by atoms with Crippen molar-refractivity contribution >= 4 is 28.7 Å². The fourth-order valence-corrected chi connectivity index (χ4v) is 1.76. The summed E-state index contributed by atoms with van der Waals surface area (Å²) in [6.45, 7) is 4.10. The largest absolute Gasteiger partial charge is 0.388 e. The first-order valence-corrected chi connectivity index (χ1v) is 5.94. The molecule has 0 fully saturated rings. The highest BCUT2D eigenvalue weighted by atomic mass is 32.1. The third-order valence-electron chi connectivity index (χ3n) is 2.64. The second kappa shape index (κ2) is 5.10. The van der Waals surface area contributed by atoms with Crippen LogP contribution in [0.1, 0.15) is 16.8 Å². The average molecular weight is 258 g/mol. The number of rotatable bonds is 3. The van der Waals surface area contributed by atoms with Crippen molar-refractivity contribution in [2.45, 2.75) is 13.8 Å². The van der Waals surface area contributed by atoms with Gasteiger partial charge in [-0.1, -0.05) is 30.4 Å². The Morgan fingerprint density at radius 2 is 1.83 bits per heavy atom. The molecule has 0 unspecified atom stereocenters. The van der Waals surface area contributed by atoms with E-state index in [0.717, 1.165) is 16.8 Å². The van der Waals surface area contributed by atoms with E-state index in [0.29, 0.717) is 11.5 Å². The van der Waals surface area contributed by atoms with E-state index < -0.39 is 0 Å². The second-order valence-corrected chi connectivity index (χ2v) is 4.48. The smallest absolute Gasteiger partial charge is 0.148 e. The van der Waals surface area contributed by atoms with E-state index in [1.165, 1.54) is 0 Å². The van der Waals surface area contributed by atoms with Gasteiger partial charge in [0.15, 0.2) is 0 Å². The zero-order valence-corrected chi connectivity index (χ0v) is 11.1. The van der Waals surface area contributed by atoms with Crippen LogP contribution in [0.3, 0.4) is 0 Å². The van der Waals surface area contributed by atoms with Crippen molar-refractivity contribution in [3.8, 4) is 0 Å². The SMILES string of the molecule is Cc1cccc(C)c1Nc1cnc(C(N)=S)cn1. The van der Waals surface area contributed by atoms with Gasteiger partial charge in [0.25, 0.3) is 0 Å². The average Bonchev–Trinajstić information content (AvgIpc) is 2.34. The van der Waals surface area contributed by atoms with E-state index in [1.54, 1.807) is 12.4 Å². The highest BCUT2D eigenvalue weighted by molar-refractivity contribution is 7.80. The van der Waals surface area contributed by atoms with Crippen LogP contribution in [0.4, 0.5) is 11.5 Å². The van der Waals surface area contributed by atoms with Crippen molar-refractivity contribution in [1.29, 1.82) is 0 Å². The van der Waals surface area contributed by atoms with Crippen molar-refractivity contribution in [1.82, 2.24) is 9.97 Å². The van der Waals surface area contributed by atoms with Gasteiger partial charge in [0.1, 0.15) is 16.5 Å². The van der Waals surface area contributed by atoms with Gasteiger partial charge >= 0.3 is 0 Å². The van der Waals surface area contributed by atoms with Gasteiger partial charge in [-0.05, 0) is 25.0 Å². The molecule has 0 aliphatic rings. The minimum Gasteiger partial charge on any atom is -0.388 e. The summed E-state index contributed by atoms with van der Waals surface area (Å²) in [5.74, 6) is 0.674. The predicted molar refractivity (Wildman–Crippen MR) is 77.1 cm³/mol. The topological polar surface area (TPSA) is 63.8 Å².